The van der Waals surface area contributed by atoms with Crippen LogP contribution in [0.2, 0.25) is 0 Å². The first kappa shape index (κ1) is 13.5. The molecular weight excluding hydrogens is 236 g/mol. The minimum Gasteiger partial charge on any atom is -0.478 e. The van der Waals surface area contributed by atoms with Gasteiger partial charge in [0.1, 0.15) is 5.69 Å². The van der Waals surface area contributed by atoms with Crippen molar-refractivity contribution in [3.8, 4) is 12.3 Å². The number of benzene rings is 1. The normalized spacial score (nSPS) is 10.5. The third-order valence-electron chi connectivity index (χ3n) is 2.27. The number of nitro groups is 1. The number of nitro benzene ring substituents is 1. The van der Waals surface area contributed by atoms with E-state index in [2.05, 4.69) is 11.2 Å². The molecule has 0 aliphatic rings. The summed E-state index contributed by atoms with van der Waals surface area (Å²) >= 11 is 0. The topological polar surface area (TPSA) is 92.5 Å². The van der Waals surface area contributed by atoms with E-state index in [1.807, 2.05) is 0 Å². The van der Waals surface area contributed by atoms with Crippen LogP contribution in [-0.2, 0) is 0 Å². The lowest BCUT2D eigenvalue weighted by Crippen LogP contribution is -2.30. The van der Waals surface area contributed by atoms with Crippen LogP contribution in [0.25, 0.3) is 0 Å². The maximum Gasteiger partial charge on any atom is 0.338 e. The Morgan fingerprint density at radius 3 is 2.61 bits per heavy atom. The zero-order valence-electron chi connectivity index (χ0n) is 9.93. The van der Waals surface area contributed by atoms with Gasteiger partial charge in [0.25, 0.3) is 5.69 Å². The fraction of sp³-hybridized carbons (Fsp3) is 0.250. The van der Waals surface area contributed by atoms with E-state index in [0.717, 1.165) is 0 Å². The molecule has 0 radical (unpaired) electrons. The summed E-state index contributed by atoms with van der Waals surface area (Å²) in [6.07, 6.45) is 5.28. The zero-order chi connectivity index (χ0) is 13.9. The Labute approximate surface area is 104 Å². The van der Waals surface area contributed by atoms with E-state index in [-0.39, 0.29) is 16.9 Å². The minimum atomic E-state index is -1.26. The van der Waals surface area contributed by atoms with Crippen molar-refractivity contribution in [2.75, 3.05) is 5.32 Å². The quantitative estimate of drug-likeness (QED) is 0.483. The first-order valence-corrected chi connectivity index (χ1v) is 5.05. The highest BCUT2D eigenvalue weighted by molar-refractivity contribution is 5.97. The van der Waals surface area contributed by atoms with Crippen LogP contribution in [0.5, 0.6) is 0 Å². The van der Waals surface area contributed by atoms with E-state index in [1.165, 1.54) is 18.2 Å². The third-order valence-corrected chi connectivity index (χ3v) is 2.27. The molecule has 0 bridgehead atoms. The summed E-state index contributed by atoms with van der Waals surface area (Å²) in [6, 6.07) is 3.82. The Hall–Kier alpha value is -2.55. The van der Waals surface area contributed by atoms with Crippen molar-refractivity contribution >= 4 is 17.3 Å². The van der Waals surface area contributed by atoms with Gasteiger partial charge < -0.3 is 10.4 Å². The lowest BCUT2D eigenvalue weighted by molar-refractivity contribution is -0.384. The summed E-state index contributed by atoms with van der Waals surface area (Å²) in [5, 5.41) is 22.6. The van der Waals surface area contributed by atoms with Crippen LogP contribution in [0.1, 0.15) is 24.2 Å². The molecule has 6 nitrogen and oxygen atoms in total. The van der Waals surface area contributed by atoms with Gasteiger partial charge in [0, 0.05) is 6.07 Å². The number of terminal acetylenes is 1. The molecule has 0 aromatic heterocycles. The molecule has 1 aromatic rings. The Morgan fingerprint density at radius 2 is 2.17 bits per heavy atom. The Kier molecular flexibility index (Phi) is 3.57. The first-order valence-electron chi connectivity index (χ1n) is 5.05. The number of nitrogens with zero attached hydrogens (tertiary/aromatic N) is 1. The average molecular weight is 248 g/mol. The van der Waals surface area contributed by atoms with E-state index in [1.54, 1.807) is 13.8 Å². The largest absolute Gasteiger partial charge is 0.478 e. The lowest BCUT2D eigenvalue weighted by Gasteiger charge is -2.22. The summed E-state index contributed by atoms with van der Waals surface area (Å²) in [6.45, 7) is 3.24. The van der Waals surface area contributed by atoms with Gasteiger partial charge in [-0.05, 0) is 19.9 Å². The predicted molar refractivity (Wildman–Crippen MR) is 66.6 cm³/mol. The molecule has 0 fully saturated rings. The van der Waals surface area contributed by atoms with Gasteiger partial charge in [0.2, 0.25) is 0 Å². The molecule has 0 atom stereocenters. The fourth-order valence-electron chi connectivity index (χ4n) is 1.35. The second-order valence-electron chi connectivity index (χ2n) is 4.16. The van der Waals surface area contributed by atoms with E-state index in [9.17, 15) is 14.9 Å². The number of anilines is 1. The summed E-state index contributed by atoms with van der Waals surface area (Å²) in [5.41, 5.74) is -1.49. The van der Waals surface area contributed by atoms with Crippen LogP contribution in [-0.4, -0.2) is 21.5 Å². The highest BCUT2D eigenvalue weighted by atomic mass is 16.6. The van der Waals surface area contributed by atoms with Crippen molar-refractivity contribution < 1.29 is 14.8 Å². The Balaban J connectivity index is 3.42. The SMILES string of the molecule is C#CC(C)(C)Nc1c(C(=O)O)cccc1[N+](=O)[O-]. The van der Waals surface area contributed by atoms with Crippen molar-refractivity contribution in [3.05, 3.63) is 33.9 Å². The summed E-state index contributed by atoms with van der Waals surface area (Å²) in [4.78, 5) is 21.3. The van der Waals surface area contributed by atoms with Crippen LogP contribution in [0.15, 0.2) is 18.2 Å². The van der Waals surface area contributed by atoms with E-state index >= 15 is 0 Å². The summed E-state index contributed by atoms with van der Waals surface area (Å²) < 4.78 is 0. The molecule has 0 saturated heterocycles. The van der Waals surface area contributed by atoms with Crippen molar-refractivity contribution in [1.29, 1.82) is 0 Å². The molecule has 2 N–H and O–H groups in total. The zero-order valence-corrected chi connectivity index (χ0v) is 9.93. The van der Waals surface area contributed by atoms with E-state index < -0.39 is 16.4 Å². The number of aromatic carboxylic acids is 1. The van der Waals surface area contributed by atoms with Crippen LogP contribution < -0.4 is 5.32 Å². The Morgan fingerprint density at radius 1 is 1.56 bits per heavy atom. The Bertz CT molecular complexity index is 511. The molecule has 6 heteroatoms. The van der Waals surface area contributed by atoms with Crippen LogP contribution >= 0.6 is 0 Å². The summed E-state index contributed by atoms with van der Waals surface area (Å²) in [5.74, 6) is 1.14. The van der Waals surface area contributed by atoms with Crippen LogP contribution in [0, 0.1) is 22.5 Å². The lowest BCUT2D eigenvalue weighted by atomic mass is 10.0. The van der Waals surface area contributed by atoms with Crippen LogP contribution in [0.3, 0.4) is 0 Å². The van der Waals surface area contributed by atoms with Gasteiger partial charge in [0.15, 0.2) is 0 Å². The second-order valence-corrected chi connectivity index (χ2v) is 4.16. The van der Waals surface area contributed by atoms with Crippen LogP contribution in [0.4, 0.5) is 11.4 Å². The minimum absolute atomic E-state index is 0.0852. The van der Waals surface area contributed by atoms with Gasteiger partial charge in [-0.3, -0.25) is 10.1 Å². The smallest absolute Gasteiger partial charge is 0.338 e. The maximum absolute atomic E-state index is 11.1. The highest BCUT2D eigenvalue weighted by Gasteiger charge is 2.25. The first-order chi connectivity index (χ1) is 8.28. The van der Waals surface area contributed by atoms with Crippen molar-refractivity contribution in [3.63, 3.8) is 0 Å². The molecule has 0 heterocycles. The molecule has 0 unspecified atom stereocenters. The van der Waals surface area contributed by atoms with Gasteiger partial charge in [-0.15, -0.1) is 6.42 Å². The fourth-order valence-corrected chi connectivity index (χ4v) is 1.35. The van der Waals surface area contributed by atoms with Crippen molar-refractivity contribution in [2.24, 2.45) is 0 Å². The van der Waals surface area contributed by atoms with Gasteiger partial charge in [0.05, 0.1) is 16.0 Å². The number of rotatable bonds is 4. The highest BCUT2D eigenvalue weighted by Crippen LogP contribution is 2.30. The molecule has 0 aliphatic carbocycles. The molecular formula is C12H12N2O4. The van der Waals surface area contributed by atoms with Gasteiger partial charge in [-0.2, -0.15) is 0 Å². The standard InChI is InChI=1S/C12H12N2O4/c1-4-12(2,3)13-10-8(11(15)16)6-5-7-9(10)14(17)18/h1,5-7,13H,2-3H3,(H,15,16). The summed E-state index contributed by atoms with van der Waals surface area (Å²) in [7, 11) is 0. The van der Waals surface area contributed by atoms with E-state index in [4.69, 9.17) is 11.5 Å². The number of hydrogen-bond acceptors (Lipinski definition) is 4. The predicted octanol–water partition coefficient (Wildman–Crippen LogP) is 2.12. The number of nitrogens with one attached hydrogen (secondary N) is 1. The van der Waals surface area contributed by atoms with Gasteiger partial charge in [-0.1, -0.05) is 12.0 Å². The molecule has 0 aliphatic heterocycles. The monoisotopic (exact) mass is 248 g/mol. The average Bonchev–Trinajstić information content (AvgIpc) is 2.28. The third kappa shape index (κ3) is 2.77. The maximum atomic E-state index is 11.1. The number of carboxylic acid groups (broad SMARTS) is 1. The van der Waals surface area contributed by atoms with E-state index in [0.29, 0.717) is 0 Å². The van der Waals surface area contributed by atoms with Crippen molar-refractivity contribution in [1.82, 2.24) is 0 Å². The number of para-hydroxylation sites is 1. The molecule has 94 valence electrons. The molecule has 0 saturated carbocycles. The molecule has 18 heavy (non-hydrogen) atoms. The molecule has 1 rings (SSSR count). The number of hydrogen-bond donors (Lipinski definition) is 2. The molecule has 1 aromatic carbocycles. The number of carbonyl (C=O) groups is 1. The van der Waals surface area contributed by atoms with Gasteiger partial charge in [-0.25, -0.2) is 4.79 Å². The second kappa shape index (κ2) is 4.75. The number of carboxylic acids is 1. The molecule has 0 amide bonds. The van der Waals surface area contributed by atoms with Crippen molar-refractivity contribution in [2.45, 2.75) is 19.4 Å². The molecule has 0 spiro atoms. The van der Waals surface area contributed by atoms with Gasteiger partial charge >= 0.3 is 5.97 Å².